The maximum atomic E-state index is 12.7. The third-order valence-electron chi connectivity index (χ3n) is 11.4. The molecule has 320 valence electrons. The Bertz CT molecular complexity index is 828. The van der Waals surface area contributed by atoms with Crippen LogP contribution in [0.5, 0.6) is 0 Å². The summed E-state index contributed by atoms with van der Waals surface area (Å²) in [5.41, 5.74) is 0. The molecular formula is C48H92O6. The van der Waals surface area contributed by atoms with Gasteiger partial charge in [0.15, 0.2) is 6.10 Å². The lowest BCUT2D eigenvalue weighted by Gasteiger charge is -2.18. The van der Waals surface area contributed by atoms with Gasteiger partial charge in [0.25, 0.3) is 0 Å². The lowest BCUT2D eigenvalue weighted by molar-refractivity contribution is -0.167. The predicted octanol–water partition coefficient (Wildman–Crippen LogP) is 15.0. The largest absolute Gasteiger partial charge is 0.462 e. The summed E-state index contributed by atoms with van der Waals surface area (Å²) in [6, 6.07) is 0. The molecule has 0 heterocycles. The van der Waals surface area contributed by atoms with E-state index in [1.165, 1.54) is 148 Å². The molecule has 0 rings (SSSR count). The van der Waals surface area contributed by atoms with Gasteiger partial charge in [0.1, 0.15) is 13.2 Å². The molecule has 0 saturated heterocycles. The Kier molecular flexibility index (Phi) is 39.8. The van der Waals surface area contributed by atoms with Gasteiger partial charge in [-0.05, 0) is 31.1 Å². The second-order valence-electron chi connectivity index (χ2n) is 16.9. The van der Waals surface area contributed by atoms with Crippen LogP contribution in [0.3, 0.4) is 0 Å². The van der Waals surface area contributed by atoms with Gasteiger partial charge in [-0.25, -0.2) is 0 Å². The fourth-order valence-corrected chi connectivity index (χ4v) is 7.04. The molecule has 6 nitrogen and oxygen atoms in total. The van der Waals surface area contributed by atoms with Crippen molar-refractivity contribution in [3.8, 4) is 0 Å². The first-order valence-corrected chi connectivity index (χ1v) is 23.8. The van der Waals surface area contributed by atoms with E-state index in [-0.39, 0.29) is 31.1 Å². The van der Waals surface area contributed by atoms with Gasteiger partial charge in [-0.2, -0.15) is 0 Å². The van der Waals surface area contributed by atoms with Crippen LogP contribution in [0, 0.1) is 11.8 Å². The van der Waals surface area contributed by atoms with Gasteiger partial charge in [-0.3, -0.25) is 14.4 Å². The van der Waals surface area contributed by atoms with Crippen LogP contribution in [0.15, 0.2) is 0 Å². The van der Waals surface area contributed by atoms with E-state index in [4.69, 9.17) is 14.2 Å². The summed E-state index contributed by atoms with van der Waals surface area (Å²) in [4.78, 5) is 37.8. The normalized spacial score (nSPS) is 13.1. The smallest absolute Gasteiger partial charge is 0.306 e. The van der Waals surface area contributed by atoms with Crippen LogP contribution >= 0.6 is 0 Å². The molecule has 0 spiro atoms. The molecule has 0 aromatic heterocycles. The Balaban J connectivity index is 4.34. The highest BCUT2D eigenvalue weighted by molar-refractivity contribution is 5.71. The standard InChI is InChI=1S/C48H92O6/c1-6-9-10-11-12-13-17-23-28-33-38-46(49)52-41-45(54-48(51)40-35-30-25-20-19-22-27-32-37-44(5)8-3)42-53-47(50)39-34-29-24-18-15-14-16-21-26-31-36-43(4)7-2/h43-45H,6-42H2,1-5H3/t43?,44?,45-/m0/s1. The third kappa shape index (κ3) is 38.7. The Morgan fingerprint density at radius 3 is 0.963 bits per heavy atom. The zero-order valence-electron chi connectivity index (χ0n) is 36.8. The highest BCUT2D eigenvalue weighted by atomic mass is 16.6. The number of carbonyl (C=O) groups is 3. The minimum absolute atomic E-state index is 0.0650. The van der Waals surface area contributed by atoms with Crippen molar-refractivity contribution >= 4 is 17.9 Å². The van der Waals surface area contributed by atoms with E-state index >= 15 is 0 Å². The average Bonchev–Trinajstić information content (AvgIpc) is 3.17. The van der Waals surface area contributed by atoms with Crippen LogP contribution in [-0.2, 0) is 28.6 Å². The molecule has 0 aliphatic carbocycles. The Hall–Kier alpha value is -1.59. The quantitative estimate of drug-likeness (QED) is 0.0350. The summed E-state index contributed by atoms with van der Waals surface area (Å²) < 4.78 is 16.7. The van der Waals surface area contributed by atoms with Gasteiger partial charge < -0.3 is 14.2 Å². The molecule has 54 heavy (non-hydrogen) atoms. The number of hydrogen-bond acceptors (Lipinski definition) is 6. The first-order chi connectivity index (χ1) is 26.3. The summed E-state index contributed by atoms with van der Waals surface area (Å²) in [6.07, 6.45) is 39.3. The second-order valence-corrected chi connectivity index (χ2v) is 16.9. The van der Waals surface area contributed by atoms with E-state index in [1.807, 2.05) is 0 Å². The van der Waals surface area contributed by atoms with Crippen LogP contribution in [-0.4, -0.2) is 37.2 Å². The molecular weight excluding hydrogens is 673 g/mol. The Morgan fingerprint density at radius 1 is 0.370 bits per heavy atom. The molecule has 0 fully saturated rings. The number of esters is 3. The third-order valence-corrected chi connectivity index (χ3v) is 11.4. The second kappa shape index (κ2) is 41.1. The van der Waals surface area contributed by atoms with Crippen molar-refractivity contribution in [3.63, 3.8) is 0 Å². The van der Waals surface area contributed by atoms with E-state index in [0.717, 1.165) is 69.6 Å². The summed E-state index contributed by atoms with van der Waals surface area (Å²) in [5.74, 6) is 0.857. The van der Waals surface area contributed by atoms with Crippen molar-refractivity contribution in [3.05, 3.63) is 0 Å². The Morgan fingerprint density at radius 2 is 0.648 bits per heavy atom. The molecule has 3 atom stereocenters. The van der Waals surface area contributed by atoms with Gasteiger partial charge in [-0.1, -0.05) is 221 Å². The minimum Gasteiger partial charge on any atom is -0.462 e. The summed E-state index contributed by atoms with van der Waals surface area (Å²) >= 11 is 0. The molecule has 0 amide bonds. The number of unbranched alkanes of at least 4 members (excludes halogenated alkanes) is 25. The minimum atomic E-state index is -0.761. The first kappa shape index (κ1) is 52.4. The average molecular weight is 765 g/mol. The van der Waals surface area contributed by atoms with Crippen molar-refractivity contribution in [2.45, 2.75) is 265 Å². The fourth-order valence-electron chi connectivity index (χ4n) is 7.04. The molecule has 6 heteroatoms. The van der Waals surface area contributed by atoms with Crippen molar-refractivity contribution in [2.24, 2.45) is 11.8 Å². The SMILES string of the molecule is CCCCCCCCCCCCC(=O)OC[C@@H](COC(=O)CCCCCCCCCCCCC(C)CC)OC(=O)CCCCCCCCCCC(C)CC. The maximum Gasteiger partial charge on any atom is 0.306 e. The van der Waals surface area contributed by atoms with E-state index < -0.39 is 6.10 Å². The lowest BCUT2D eigenvalue weighted by atomic mass is 9.99. The number of hydrogen-bond donors (Lipinski definition) is 0. The molecule has 0 aliphatic rings. The molecule has 0 aromatic rings. The van der Waals surface area contributed by atoms with E-state index in [0.29, 0.717) is 19.3 Å². The fraction of sp³-hybridized carbons (Fsp3) is 0.938. The summed E-state index contributed by atoms with van der Waals surface area (Å²) in [7, 11) is 0. The van der Waals surface area contributed by atoms with Crippen molar-refractivity contribution in [1.29, 1.82) is 0 Å². The topological polar surface area (TPSA) is 78.9 Å². The molecule has 0 aromatic carbocycles. The van der Waals surface area contributed by atoms with Crippen LogP contribution < -0.4 is 0 Å². The van der Waals surface area contributed by atoms with E-state index in [2.05, 4.69) is 34.6 Å². The molecule has 2 unspecified atom stereocenters. The number of ether oxygens (including phenoxy) is 3. The van der Waals surface area contributed by atoms with Crippen LogP contribution in [0.25, 0.3) is 0 Å². The zero-order chi connectivity index (χ0) is 39.7. The zero-order valence-corrected chi connectivity index (χ0v) is 36.8. The van der Waals surface area contributed by atoms with E-state index in [9.17, 15) is 14.4 Å². The van der Waals surface area contributed by atoms with Crippen molar-refractivity contribution in [2.75, 3.05) is 13.2 Å². The van der Waals surface area contributed by atoms with Gasteiger partial charge in [0.2, 0.25) is 0 Å². The summed E-state index contributed by atoms with van der Waals surface area (Å²) in [5, 5.41) is 0. The Labute approximate surface area is 336 Å². The van der Waals surface area contributed by atoms with E-state index in [1.54, 1.807) is 0 Å². The van der Waals surface area contributed by atoms with Crippen LogP contribution in [0.4, 0.5) is 0 Å². The molecule has 0 aliphatic heterocycles. The van der Waals surface area contributed by atoms with Crippen LogP contribution in [0.2, 0.25) is 0 Å². The van der Waals surface area contributed by atoms with Gasteiger partial charge in [0, 0.05) is 19.3 Å². The van der Waals surface area contributed by atoms with Crippen molar-refractivity contribution in [1.82, 2.24) is 0 Å². The monoisotopic (exact) mass is 765 g/mol. The molecule has 0 bridgehead atoms. The first-order valence-electron chi connectivity index (χ1n) is 23.8. The maximum absolute atomic E-state index is 12.7. The lowest BCUT2D eigenvalue weighted by Crippen LogP contribution is -2.30. The van der Waals surface area contributed by atoms with Gasteiger partial charge >= 0.3 is 17.9 Å². The highest BCUT2D eigenvalue weighted by Gasteiger charge is 2.19. The molecule has 0 radical (unpaired) electrons. The number of rotatable bonds is 42. The highest BCUT2D eigenvalue weighted by Crippen LogP contribution is 2.18. The molecule has 0 N–H and O–H groups in total. The number of carbonyl (C=O) groups excluding carboxylic acids is 3. The van der Waals surface area contributed by atoms with Crippen LogP contribution in [0.1, 0.15) is 259 Å². The van der Waals surface area contributed by atoms with Crippen molar-refractivity contribution < 1.29 is 28.6 Å². The summed E-state index contributed by atoms with van der Waals surface area (Å²) in [6.45, 7) is 11.4. The van der Waals surface area contributed by atoms with Gasteiger partial charge in [0.05, 0.1) is 0 Å². The molecule has 0 saturated carbocycles. The van der Waals surface area contributed by atoms with Gasteiger partial charge in [-0.15, -0.1) is 0 Å². The predicted molar refractivity (Wildman–Crippen MR) is 229 cm³/mol.